The molecule has 1 aliphatic rings. The van der Waals surface area contributed by atoms with Gasteiger partial charge in [-0.25, -0.2) is 29.1 Å². The normalized spacial score (nSPS) is 13.1. The fourth-order valence-electron chi connectivity index (χ4n) is 4.92. The number of nitrogens with zero attached hydrogens (tertiary/aromatic N) is 5. The van der Waals surface area contributed by atoms with E-state index in [9.17, 15) is 14.0 Å². The molecule has 1 saturated heterocycles. The van der Waals surface area contributed by atoms with Gasteiger partial charge < -0.3 is 20.3 Å². The minimum atomic E-state index is -0.548. The standard InChI is InChI=1S/C32H28FN7O3/c1-20(41)14-23-4-8-26(16-28(23)33)37-32(42)36-25-6-2-21(3-7-25)30-38-29-15-22(24-17-34-19-35-18-24)5-9-27(29)31(39-30)40-10-12-43-13-11-40/h2-9,15-19H,10-14H2,1H3,(H2,36,37,42). The Kier molecular flexibility index (Phi) is 7.96. The average Bonchev–Trinajstić information content (AvgIpc) is 3.02. The van der Waals surface area contributed by atoms with Gasteiger partial charge in [-0.3, -0.25) is 4.79 Å². The number of hydrogen-bond acceptors (Lipinski definition) is 8. The number of halogens is 1. The molecule has 10 nitrogen and oxygen atoms in total. The van der Waals surface area contributed by atoms with E-state index >= 15 is 0 Å². The molecule has 11 heteroatoms. The Morgan fingerprint density at radius 3 is 2.28 bits per heavy atom. The topological polar surface area (TPSA) is 122 Å². The highest BCUT2D eigenvalue weighted by Gasteiger charge is 2.19. The summed E-state index contributed by atoms with van der Waals surface area (Å²) in [5.74, 6) is 0.697. The molecule has 2 aromatic heterocycles. The van der Waals surface area contributed by atoms with Gasteiger partial charge in [-0.15, -0.1) is 0 Å². The second-order valence-electron chi connectivity index (χ2n) is 10.2. The van der Waals surface area contributed by atoms with E-state index in [1.54, 1.807) is 30.6 Å². The van der Waals surface area contributed by atoms with Gasteiger partial charge in [-0.05, 0) is 66.6 Å². The molecule has 0 unspecified atom stereocenters. The van der Waals surface area contributed by atoms with Crippen LogP contribution >= 0.6 is 0 Å². The SMILES string of the molecule is CC(=O)Cc1ccc(NC(=O)Nc2ccc(-c3nc(N4CCOCC4)c4ccc(-c5cncnc5)cc4n3)cc2)cc1F. The lowest BCUT2D eigenvalue weighted by atomic mass is 10.1. The third-order valence-corrected chi connectivity index (χ3v) is 7.03. The molecule has 0 saturated carbocycles. The van der Waals surface area contributed by atoms with Crippen molar-refractivity contribution in [3.63, 3.8) is 0 Å². The number of carbonyl (C=O) groups is 2. The third kappa shape index (κ3) is 6.47. The molecule has 43 heavy (non-hydrogen) atoms. The molecule has 0 bridgehead atoms. The summed E-state index contributed by atoms with van der Waals surface area (Å²) in [7, 11) is 0. The summed E-state index contributed by atoms with van der Waals surface area (Å²) < 4.78 is 19.9. The lowest BCUT2D eigenvalue weighted by Crippen LogP contribution is -2.37. The van der Waals surface area contributed by atoms with Crippen LogP contribution in [0, 0.1) is 5.82 Å². The van der Waals surface area contributed by atoms with Crippen LogP contribution in [0.5, 0.6) is 0 Å². The van der Waals surface area contributed by atoms with E-state index in [0.29, 0.717) is 24.7 Å². The number of aromatic nitrogens is 4. The molecule has 5 aromatic rings. The highest BCUT2D eigenvalue weighted by Crippen LogP contribution is 2.31. The van der Waals surface area contributed by atoms with Crippen LogP contribution in [0.4, 0.5) is 26.4 Å². The zero-order valence-electron chi connectivity index (χ0n) is 23.4. The Hall–Kier alpha value is -5.29. The number of Topliss-reactive ketones (excluding diaryl/α,β-unsaturated/α-hetero) is 1. The van der Waals surface area contributed by atoms with Crippen molar-refractivity contribution in [3.05, 3.63) is 90.8 Å². The van der Waals surface area contributed by atoms with Crippen molar-refractivity contribution in [2.24, 2.45) is 0 Å². The average molecular weight is 578 g/mol. The first-order valence-electron chi connectivity index (χ1n) is 13.8. The number of hydrogen-bond donors (Lipinski definition) is 2. The molecule has 3 aromatic carbocycles. The van der Waals surface area contributed by atoms with Crippen LogP contribution in [0.15, 0.2) is 79.4 Å². The van der Waals surface area contributed by atoms with Gasteiger partial charge in [0, 0.05) is 59.8 Å². The minimum absolute atomic E-state index is 0.00265. The van der Waals surface area contributed by atoms with E-state index in [1.807, 2.05) is 30.3 Å². The maximum Gasteiger partial charge on any atom is 0.323 e. The highest BCUT2D eigenvalue weighted by atomic mass is 19.1. The number of anilines is 3. The van der Waals surface area contributed by atoms with Gasteiger partial charge >= 0.3 is 6.03 Å². The Morgan fingerprint density at radius 2 is 1.56 bits per heavy atom. The molecule has 0 spiro atoms. The first kappa shape index (κ1) is 27.9. The Morgan fingerprint density at radius 1 is 0.860 bits per heavy atom. The number of nitrogens with one attached hydrogen (secondary N) is 2. The zero-order chi connectivity index (χ0) is 29.8. The molecule has 1 fully saturated rings. The minimum Gasteiger partial charge on any atom is -0.378 e. The lowest BCUT2D eigenvalue weighted by molar-refractivity contribution is -0.116. The second-order valence-corrected chi connectivity index (χ2v) is 10.2. The van der Waals surface area contributed by atoms with Crippen LogP contribution < -0.4 is 15.5 Å². The van der Waals surface area contributed by atoms with Gasteiger partial charge in [0.1, 0.15) is 23.7 Å². The maximum atomic E-state index is 14.3. The van der Waals surface area contributed by atoms with Crippen molar-refractivity contribution in [3.8, 4) is 22.5 Å². The predicted octanol–water partition coefficient (Wildman–Crippen LogP) is 5.51. The molecule has 216 valence electrons. The van der Waals surface area contributed by atoms with Crippen molar-refractivity contribution in [1.29, 1.82) is 0 Å². The van der Waals surface area contributed by atoms with Gasteiger partial charge in [0.2, 0.25) is 0 Å². The quantitative estimate of drug-likeness (QED) is 0.260. The van der Waals surface area contributed by atoms with E-state index in [0.717, 1.165) is 46.5 Å². The fraction of sp³-hybridized carbons (Fsp3) is 0.188. The summed E-state index contributed by atoms with van der Waals surface area (Å²) in [5, 5.41) is 6.31. The Bertz CT molecular complexity index is 1790. The van der Waals surface area contributed by atoms with Crippen molar-refractivity contribution in [2.75, 3.05) is 41.8 Å². The molecule has 2 N–H and O–H groups in total. The van der Waals surface area contributed by atoms with E-state index in [2.05, 4.69) is 25.5 Å². The molecule has 6 rings (SSSR count). The summed E-state index contributed by atoms with van der Waals surface area (Å²) >= 11 is 0. The first-order valence-corrected chi connectivity index (χ1v) is 13.8. The van der Waals surface area contributed by atoms with E-state index in [4.69, 9.17) is 14.7 Å². The van der Waals surface area contributed by atoms with Crippen LogP contribution in [0.3, 0.4) is 0 Å². The number of carbonyl (C=O) groups excluding carboxylic acids is 2. The van der Waals surface area contributed by atoms with Gasteiger partial charge in [0.15, 0.2) is 5.82 Å². The van der Waals surface area contributed by atoms with Crippen LogP contribution in [-0.4, -0.2) is 58.1 Å². The zero-order valence-corrected chi connectivity index (χ0v) is 23.4. The molecular formula is C32H28FN7O3. The summed E-state index contributed by atoms with van der Waals surface area (Å²) in [5.41, 5.74) is 4.50. The second kappa shape index (κ2) is 12.3. The number of benzene rings is 3. The van der Waals surface area contributed by atoms with Crippen LogP contribution in [0.2, 0.25) is 0 Å². The summed E-state index contributed by atoms with van der Waals surface area (Å²) in [4.78, 5) is 44.2. The van der Waals surface area contributed by atoms with Crippen LogP contribution in [0.25, 0.3) is 33.4 Å². The highest BCUT2D eigenvalue weighted by molar-refractivity contribution is 6.00. The largest absolute Gasteiger partial charge is 0.378 e. The molecule has 0 aliphatic carbocycles. The monoisotopic (exact) mass is 577 g/mol. The van der Waals surface area contributed by atoms with E-state index in [-0.39, 0.29) is 23.5 Å². The Labute approximate surface area is 247 Å². The number of ether oxygens (including phenoxy) is 1. The predicted molar refractivity (Wildman–Crippen MR) is 162 cm³/mol. The molecule has 0 radical (unpaired) electrons. The van der Waals surface area contributed by atoms with Gasteiger partial charge in [-0.2, -0.15) is 0 Å². The number of ketones is 1. The van der Waals surface area contributed by atoms with Gasteiger partial charge in [0.25, 0.3) is 0 Å². The summed E-state index contributed by atoms with van der Waals surface area (Å²) in [6.07, 6.45) is 5.03. The summed E-state index contributed by atoms with van der Waals surface area (Å²) in [6, 6.07) is 17.0. The first-order chi connectivity index (χ1) is 20.9. The number of fused-ring (bicyclic) bond motifs is 1. The number of rotatable bonds is 7. The third-order valence-electron chi connectivity index (χ3n) is 7.03. The molecule has 1 aliphatic heterocycles. The fourth-order valence-corrected chi connectivity index (χ4v) is 4.92. The van der Waals surface area contributed by atoms with Crippen LogP contribution in [0.1, 0.15) is 12.5 Å². The van der Waals surface area contributed by atoms with Gasteiger partial charge in [-0.1, -0.05) is 12.1 Å². The van der Waals surface area contributed by atoms with E-state index < -0.39 is 11.8 Å². The van der Waals surface area contributed by atoms with Crippen molar-refractivity contribution < 1.29 is 18.7 Å². The van der Waals surface area contributed by atoms with Gasteiger partial charge in [0.05, 0.1) is 18.7 Å². The smallest absolute Gasteiger partial charge is 0.323 e. The van der Waals surface area contributed by atoms with Crippen LogP contribution in [-0.2, 0) is 16.0 Å². The Balaban J connectivity index is 1.24. The lowest BCUT2D eigenvalue weighted by Gasteiger charge is -2.29. The van der Waals surface area contributed by atoms with E-state index in [1.165, 1.54) is 25.4 Å². The molecule has 3 heterocycles. The summed E-state index contributed by atoms with van der Waals surface area (Å²) in [6.45, 7) is 4.09. The number of urea groups is 1. The number of amides is 2. The van der Waals surface area contributed by atoms with Crippen molar-refractivity contribution in [1.82, 2.24) is 19.9 Å². The maximum absolute atomic E-state index is 14.3. The van der Waals surface area contributed by atoms with Crippen molar-refractivity contribution in [2.45, 2.75) is 13.3 Å². The molecular weight excluding hydrogens is 549 g/mol. The van der Waals surface area contributed by atoms with Crippen molar-refractivity contribution >= 4 is 39.9 Å². The molecule has 0 atom stereocenters. The number of morpholine rings is 1. The molecule has 2 amide bonds.